The molecule has 76 valence electrons. The number of benzene rings is 2. The highest BCUT2D eigenvalue weighted by atomic mass is 14.0. The standard InChI is InChI=1S/C15H16/c1-3-4-8-13-10-6-11-14-9-5-7-12(2)15(13)14/h4-11H,3H2,1-2H3/b8-4+. The zero-order valence-corrected chi connectivity index (χ0v) is 9.33. The maximum atomic E-state index is 2.22. The minimum atomic E-state index is 1.09. The SMILES string of the molecule is CC/C=C/c1cccc2cccc(C)c12. The molecule has 2 aromatic rings. The Labute approximate surface area is 91.2 Å². The Kier molecular flexibility index (Phi) is 2.86. The molecule has 0 N–H and O–H groups in total. The first-order valence-electron chi connectivity index (χ1n) is 5.48. The highest BCUT2D eigenvalue weighted by molar-refractivity contribution is 5.93. The molecular formula is C15H16. The molecule has 0 heteroatoms. The summed E-state index contributed by atoms with van der Waals surface area (Å²) in [5.74, 6) is 0. The molecule has 15 heavy (non-hydrogen) atoms. The van der Waals surface area contributed by atoms with E-state index in [1.807, 2.05) is 0 Å². The molecule has 0 unspecified atom stereocenters. The van der Waals surface area contributed by atoms with Crippen LogP contribution in [0.4, 0.5) is 0 Å². The molecule has 0 amide bonds. The second kappa shape index (κ2) is 4.31. The quantitative estimate of drug-likeness (QED) is 0.660. The van der Waals surface area contributed by atoms with Crippen molar-refractivity contribution in [2.24, 2.45) is 0 Å². The third-order valence-electron chi connectivity index (χ3n) is 2.68. The lowest BCUT2D eigenvalue weighted by Crippen LogP contribution is -1.82. The molecule has 2 rings (SSSR count). The molecule has 0 aliphatic rings. The van der Waals surface area contributed by atoms with Crippen molar-refractivity contribution in [1.82, 2.24) is 0 Å². The van der Waals surface area contributed by atoms with Crippen molar-refractivity contribution in [2.45, 2.75) is 20.3 Å². The van der Waals surface area contributed by atoms with E-state index in [0.29, 0.717) is 0 Å². The van der Waals surface area contributed by atoms with Gasteiger partial charge in [-0.1, -0.05) is 55.5 Å². The summed E-state index contributed by atoms with van der Waals surface area (Å²) >= 11 is 0. The second-order valence-corrected chi connectivity index (χ2v) is 3.83. The summed E-state index contributed by atoms with van der Waals surface area (Å²) in [5, 5.41) is 2.71. The van der Waals surface area contributed by atoms with Crippen LogP contribution in [0.5, 0.6) is 0 Å². The van der Waals surface area contributed by atoms with Crippen LogP contribution in [-0.2, 0) is 0 Å². The van der Waals surface area contributed by atoms with Crippen LogP contribution in [0, 0.1) is 6.92 Å². The van der Waals surface area contributed by atoms with E-state index >= 15 is 0 Å². The summed E-state index contributed by atoms with van der Waals surface area (Å²) in [4.78, 5) is 0. The van der Waals surface area contributed by atoms with E-state index in [-0.39, 0.29) is 0 Å². The molecule has 0 nitrogen and oxygen atoms in total. The first kappa shape index (κ1) is 9.97. The fourth-order valence-electron chi connectivity index (χ4n) is 1.95. The van der Waals surface area contributed by atoms with Gasteiger partial charge in [0, 0.05) is 0 Å². The highest BCUT2D eigenvalue weighted by Crippen LogP contribution is 2.23. The molecule has 0 atom stereocenters. The Morgan fingerprint density at radius 3 is 2.53 bits per heavy atom. The molecule has 0 saturated heterocycles. The predicted octanol–water partition coefficient (Wildman–Crippen LogP) is 4.57. The van der Waals surface area contributed by atoms with Gasteiger partial charge in [-0.3, -0.25) is 0 Å². The molecule has 2 aromatic carbocycles. The van der Waals surface area contributed by atoms with Gasteiger partial charge in [-0.15, -0.1) is 0 Å². The van der Waals surface area contributed by atoms with Crippen LogP contribution in [0.15, 0.2) is 42.5 Å². The van der Waals surface area contributed by atoms with Crippen molar-refractivity contribution in [3.8, 4) is 0 Å². The molecule has 0 radical (unpaired) electrons. The van der Waals surface area contributed by atoms with Crippen molar-refractivity contribution < 1.29 is 0 Å². The van der Waals surface area contributed by atoms with E-state index in [1.54, 1.807) is 0 Å². The maximum Gasteiger partial charge on any atom is -0.00823 e. The zero-order valence-electron chi connectivity index (χ0n) is 9.33. The smallest absolute Gasteiger partial charge is 0.00823 e. The van der Waals surface area contributed by atoms with Crippen molar-refractivity contribution in [1.29, 1.82) is 0 Å². The molecule has 0 aliphatic carbocycles. The maximum absolute atomic E-state index is 2.22. The van der Waals surface area contributed by atoms with Gasteiger partial charge in [0.1, 0.15) is 0 Å². The molecule has 0 bridgehead atoms. The molecule has 0 saturated carbocycles. The minimum absolute atomic E-state index is 1.09. The van der Waals surface area contributed by atoms with Crippen molar-refractivity contribution in [2.75, 3.05) is 0 Å². The second-order valence-electron chi connectivity index (χ2n) is 3.83. The highest BCUT2D eigenvalue weighted by Gasteiger charge is 1.99. The Hall–Kier alpha value is -1.56. The van der Waals surface area contributed by atoms with Crippen LogP contribution in [0.1, 0.15) is 24.5 Å². The number of allylic oxidation sites excluding steroid dienone is 1. The van der Waals surface area contributed by atoms with Crippen LogP contribution >= 0.6 is 0 Å². The van der Waals surface area contributed by atoms with Gasteiger partial charge in [-0.25, -0.2) is 0 Å². The fourth-order valence-corrected chi connectivity index (χ4v) is 1.95. The fraction of sp³-hybridized carbons (Fsp3) is 0.200. The number of hydrogen-bond donors (Lipinski definition) is 0. The Balaban J connectivity index is 2.68. The zero-order chi connectivity index (χ0) is 10.7. The average Bonchev–Trinajstić information content (AvgIpc) is 2.26. The van der Waals surface area contributed by atoms with Gasteiger partial charge in [0.25, 0.3) is 0 Å². The molecule has 0 aromatic heterocycles. The minimum Gasteiger partial charge on any atom is -0.0842 e. The van der Waals surface area contributed by atoms with Gasteiger partial charge in [-0.05, 0) is 35.2 Å². The predicted molar refractivity (Wildman–Crippen MR) is 68.0 cm³/mol. The summed E-state index contributed by atoms with van der Waals surface area (Å²) < 4.78 is 0. The van der Waals surface area contributed by atoms with Crippen LogP contribution in [0.25, 0.3) is 16.8 Å². The Bertz CT molecular complexity index is 487. The van der Waals surface area contributed by atoms with Crippen LogP contribution in [0.2, 0.25) is 0 Å². The lowest BCUT2D eigenvalue weighted by molar-refractivity contribution is 1.23. The van der Waals surface area contributed by atoms with Crippen molar-refractivity contribution in [3.63, 3.8) is 0 Å². The first-order chi connectivity index (χ1) is 7.33. The number of rotatable bonds is 2. The van der Waals surface area contributed by atoms with Crippen molar-refractivity contribution in [3.05, 3.63) is 53.6 Å². The molecule has 0 heterocycles. The summed E-state index contributed by atoms with van der Waals surface area (Å²) in [6.45, 7) is 4.33. The van der Waals surface area contributed by atoms with Crippen molar-refractivity contribution >= 4 is 16.8 Å². The van der Waals surface area contributed by atoms with Gasteiger partial charge < -0.3 is 0 Å². The number of fused-ring (bicyclic) bond motifs is 1. The third-order valence-corrected chi connectivity index (χ3v) is 2.68. The van der Waals surface area contributed by atoms with E-state index in [0.717, 1.165) is 6.42 Å². The lowest BCUT2D eigenvalue weighted by atomic mass is 10.00. The number of hydrogen-bond acceptors (Lipinski definition) is 0. The third kappa shape index (κ3) is 1.94. The molecular weight excluding hydrogens is 180 g/mol. The lowest BCUT2D eigenvalue weighted by Gasteiger charge is -2.05. The first-order valence-corrected chi connectivity index (χ1v) is 5.48. The number of aryl methyl sites for hydroxylation is 1. The van der Waals surface area contributed by atoms with Crippen LogP contribution in [-0.4, -0.2) is 0 Å². The van der Waals surface area contributed by atoms with Gasteiger partial charge in [-0.2, -0.15) is 0 Å². The van der Waals surface area contributed by atoms with E-state index in [4.69, 9.17) is 0 Å². The van der Waals surface area contributed by atoms with Crippen LogP contribution in [0.3, 0.4) is 0 Å². The van der Waals surface area contributed by atoms with Gasteiger partial charge in [0.2, 0.25) is 0 Å². The van der Waals surface area contributed by atoms with Gasteiger partial charge >= 0.3 is 0 Å². The van der Waals surface area contributed by atoms with Gasteiger partial charge in [0.05, 0.1) is 0 Å². The Morgan fingerprint density at radius 1 is 1.07 bits per heavy atom. The van der Waals surface area contributed by atoms with E-state index < -0.39 is 0 Å². The van der Waals surface area contributed by atoms with E-state index in [9.17, 15) is 0 Å². The summed E-state index contributed by atoms with van der Waals surface area (Å²) in [5.41, 5.74) is 2.68. The van der Waals surface area contributed by atoms with Gasteiger partial charge in [0.15, 0.2) is 0 Å². The summed E-state index contributed by atoms with van der Waals surface area (Å²) in [6, 6.07) is 12.9. The molecule has 0 fully saturated rings. The van der Waals surface area contributed by atoms with E-state index in [1.165, 1.54) is 21.9 Å². The molecule has 0 spiro atoms. The Morgan fingerprint density at radius 2 is 1.80 bits per heavy atom. The molecule has 0 aliphatic heterocycles. The normalized spacial score (nSPS) is 11.3. The topological polar surface area (TPSA) is 0 Å². The van der Waals surface area contributed by atoms with Crippen LogP contribution < -0.4 is 0 Å². The summed E-state index contributed by atoms with van der Waals surface area (Å²) in [7, 11) is 0. The van der Waals surface area contributed by atoms with E-state index in [2.05, 4.69) is 62.4 Å². The average molecular weight is 196 g/mol. The largest absolute Gasteiger partial charge is 0.0842 e. The monoisotopic (exact) mass is 196 g/mol. The summed E-state index contributed by atoms with van der Waals surface area (Å²) in [6.07, 6.45) is 5.51.